The molecule has 6 heteroatoms. The Balaban J connectivity index is 2.07. The molecule has 2 rings (SSSR count). The van der Waals surface area contributed by atoms with E-state index in [9.17, 15) is 9.18 Å². The first kappa shape index (κ1) is 14.9. The maximum absolute atomic E-state index is 13.6. The molecule has 0 saturated carbocycles. The van der Waals surface area contributed by atoms with E-state index in [-0.39, 0.29) is 11.7 Å². The first-order valence-electron chi connectivity index (χ1n) is 6.41. The molecule has 1 aromatic carbocycles. The zero-order valence-electron chi connectivity index (χ0n) is 12.0. The minimum Gasteiger partial charge on any atom is -0.449 e. The van der Waals surface area contributed by atoms with Crippen LogP contribution in [0.1, 0.15) is 37.2 Å². The van der Waals surface area contributed by atoms with Crippen LogP contribution in [0.3, 0.4) is 0 Å². The summed E-state index contributed by atoms with van der Waals surface area (Å²) < 4.78 is 23.7. The van der Waals surface area contributed by atoms with E-state index in [1.165, 1.54) is 12.1 Å². The van der Waals surface area contributed by atoms with Gasteiger partial charge in [0.25, 0.3) is 5.89 Å². The maximum atomic E-state index is 13.6. The predicted octanol–water partition coefficient (Wildman–Crippen LogP) is 3.22. The molecule has 0 N–H and O–H groups in total. The molecule has 0 spiro atoms. The smallest absolute Gasteiger partial charge is 0.331 e. The van der Waals surface area contributed by atoms with Crippen molar-refractivity contribution in [3.8, 4) is 0 Å². The Morgan fingerprint density at radius 1 is 1.43 bits per heavy atom. The van der Waals surface area contributed by atoms with E-state index in [0.29, 0.717) is 17.0 Å². The number of halogens is 1. The Hall–Kier alpha value is -2.50. The number of rotatable bonds is 4. The van der Waals surface area contributed by atoms with E-state index < -0.39 is 12.1 Å². The average Bonchev–Trinajstić information content (AvgIpc) is 2.85. The molecule has 0 fully saturated rings. The van der Waals surface area contributed by atoms with Gasteiger partial charge in [-0.15, -0.1) is 0 Å². The summed E-state index contributed by atoms with van der Waals surface area (Å²) in [7, 11) is 0. The van der Waals surface area contributed by atoms with Crippen LogP contribution >= 0.6 is 0 Å². The summed E-state index contributed by atoms with van der Waals surface area (Å²) >= 11 is 0. The van der Waals surface area contributed by atoms with Gasteiger partial charge in [0.1, 0.15) is 5.82 Å². The van der Waals surface area contributed by atoms with E-state index in [2.05, 4.69) is 10.1 Å². The molecular formula is C15H15FN2O3. The fourth-order valence-corrected chi connectivity index (χ4v) is 1.77. The van der Waals surface area contributed by atoms with Crippen molar-refractivity contribution < 1.29 is 18.4 Å². The number of carbonyl (C=O) groups excluding carboxylic acids is 1. The van der Waals surface area contributed by atoms with Gasteiger partial charge in [-0.3, -0.25) is 0 Å². The second-order valence-electron chi connectivity index (χ2n) is 4.57. The second kappa shape index (κ2) is 6.30. The highest BCUT2D eigenvalue weighted by Gasteiger charge is 2.17. The molecule has 0 aliphatic rings. The molecule has 0 aliphatic heterocycles. The Bertz CT molecular complexity index is 679. The van der Waals surface area contributed by atoms with E-state index in [0.717, 1.165) is 0 Å². The quantitative estimate of drug-likeness (QED) is 0.639. The topological polar surface area (TPSA) is 65.2 Å². The zero-order valence-corrected chi connectivity index (χ0v) is 12.0. The maximum Gasteiger partial charge on any atom is 0.331 e. The third-order valence-corrected chi connectivity index (χ3v) is 2.82. The molecular weight excluding hydrogens is 275 g/mol. The summed E-state index contributed by atoms with van der Waals surface area (Å²) in [6, 6.07) is 6.22. The highest BCUT2D eigenvalue weighted by molar-refractivity contribution is 5.91. The zero-order chi connectivity index (χ0) is 15.4. The molecule has 0 bridgehead atoms. The van der Waals surface area contributed by atoms with Crippen LogP contribution in [0.15, 0.2) is 34.9 Å². The third kappa shape index (κ3) is 3.75. The van der Waals surface area contributed by atoms with Crippen LogP contribution in [0.5, 0.6) is 0 Å². The van der Waals surface area contributed by atoms with Crippen LogP contribution in [-0.4, -0.2) is 16.1 Å². The van der Waals surface area contributed by atoms with Gasteiger partial charge in [0.05, 0.1) is 0 Å². The highest BCUT2D eigenvalue weighted by atomic mass is 19.1. The summed E-state index contributed by atoms with van der Waals surface area (Å²) in [5.74, 6) is -0.303. The lowest BCUT2D eigenvalue weighted by Gasteiger charge is -2.08. The van der Waals surface area contributed by atoms with Gasteiger partial charge in [-0.05, 0) is 32.4 Å². The van der Waals surface area contributed by atoms with Gasteiger partial charge in [-0.1, -0.05) is 23.4 Å². The number of aromatic nitrogens is 2. The van der Waals surface area contributed by atoms with Gasteiger partial charge in [0, 0.05) is 11.6 Å². The van der Waals surface area contributed by atoms with Crippen LogP contribution in [0.2, 0.25) is 0 Å². The Labute approximate surface area is 121 Å². The Kier molecular flexibility index (Phi) is 4.47. The van der Waals surface area contributed by atoms with Gasteiger partial charge in [0.15, 0.2) is 11.9 Å². The number of esters is 1. The lowest BCUT2D eigenvalue weighted by Crippen LogP contribution is -2.07. The van der Waals surface area contributed by atoms with Gasteiger partial charge in [0.2, 0.25) is 0 Å². The standard InChI is InChI=1S/C15H15FN2O3/c1-9(12-6-4-5-7-13(12)16)8-14(19)20-10(2)15-17-11(3)18-21-15/h4-8,10H,1-3H3. The second-order valence-corrected chi connectivity index (χ2v) is 4.57. The molecule has 0 amide bonds. The van der Waals surface area contributed by atoms with Crippen LogP contribution in [0.25, 0.3) is 5.57 Å². The van der Waals surface area contributed by atoms with Crippen molar-refractivity contribution in [2.45, 2.75) is 26.9 Å². The highest BCUT2D eigenvalue weighted by Crippen LogP contribution is 2.19. The van der Waals surface area contributed by atoms with Crippen LogP contribution in [-0.2, 0) is 9.53 Å². The SMILES string of the molecule is CC(=CC(=O)OC(C)c1nc(C)no1)c1ccccc1F. The van der Waals surface area contributed by atoms with Gasteiger partial charge in [-0.2, -0.15) is 4.98 Å². The summed E-state index contributed by atoms with van der Waals surface area (Å²) in [6.45, 7) is 4.93. The molecule has 1 heterocycles. The van der Waals surface area contributed by atoms with E-state index in [4.69, 9.17) is 9.26 Å². The largest absolute Gasteiger partial charge is 0.449 e. The van der Waals surface area contributed by atoms with E-state index in [1.807, 2.05) is 0 Å². The van der Waals surface area contributed by atoms with Crippen molar-refractivity contribution in [2.24, 2.45) is 0 Å². The van der Waals surface area contributed by atoms with Crippen LogP contribution < -0.4 is 0 Å². The number of carbonyl (C=O) groups is 1. The van der Waals surface area contributed by atoms with Crippen molar-refractivity contribution in [1.29, 1.82) is 0 Å². The molecule has 110 valence electrons. The number of allylic oxidation sites excluding steroid dienone is 1. The van der Waals surface area contributed by atoms with Crippen LogP contribution in [0.4, 0.5) is 4.39 Å². The summed E-state index contributed by atoms with van der Waals surface area (Å²) in [5.41, 5.74) is 0.836. The first-order chi connectivity index (χ1) is 9.97. The molecule has 2 aromatic rings. The average molecular weight is 290 g/mol. The van der Waals surface area contributed by atoms with Gasteiger partial charge < -0.3 is 9.26 Å². The van der Waals surface area contributed by atoms with Crippen molar-refractivity contribution in [1.82, 2.24) is 10.1 Å². The van der Waals surface area contributed by atoms with E-state index in [1.54, 1.807) is 39.0 Å². The molecule has 0 saturated heterocycles. The number of aryl methyl sites for hydroxylation is 1. The molecule has 1 atom stereocenters. The fraction of sp³-hybridized carbons (Fsp3) is 0.267. The molecule has 21 heavy (non-hydrogen) atoms. The van der Waals surface area contributed by atoms with Crippen molar-refractivity contribution in [3.05, 3.63) is 53.4 Å². The summed E-state index contributed by atoms with van der Waals surface area (Å²) in [5, 5.41) is 3.62. The molecule has 5 nitrogen and oxygen atoms in total. The molecule has 0 aliphatic carbocycles. The lowest BCUT2D eigenvalue weighted by molar-refractivity contribution is -0.143. The van der Waals surface area contributed by atoms with Crippen molar-refractivity contribution in [3.63, 3.8) is 0 Å². The van der Waals surface area contributed by atoms with Crippen LogP contribution in [0, 0.1) is 12.7 Å². The van der Waals surface area contributed by atoms with Crippen molar-refractivity contribution >= 4 is 11.5 Å². The number of nitrogens with zero attached hydrogens (tertiary/aromatic N) is 2. The monoisotopic (exact) mass is 290 g/mol. The number of hydrogen-bond acceptors (Lipinski definition) is 5. The number of benzene rings is 1. The molecule has 1 aromatic heterocycles. The lowest BCUT2D eigenvalue weighted by atomic mass is 10.1. The third-order valence-electron chi connectivity index (χ3n) is 2.82. The molecule has 1 unspecified atom stereocenters. The Morgan fingerprint density at radius 2 is 2.14 bits per heavy atom. The van der Waals surface area contributed by atoms with Gasteiger partial charge >= 0.3 is 5.97 Å². The minimum atomic E-state index is -0.664. The summed E-state index contributed by atoms with van der Waals surface area (Å²) in [6.07, 6.45) is 0.571. The first-order valence-corrected chi connectivity index (χ1v) is 6.41. The fourth-order valence-electron chi connectivity index (χ4n) is 1.77. The minimum absolute atomic E-state index is 0.220. The van der Waals surface area contributed by atoms with E-state index >= 15 is 0 Å². The summed E-state index contributed by atoms with van der Waals surface area (Å²) in [4.78, 5) is 15.8. The predicted molar refractivity (Wildman–Crippen MR) is 73.6 cm³/mol. The Morgan fingerprint density at radius 3 is 2.76 bits per heavy atom. The number of hydrogen-bond donors (Lipinski definition) is 0. The number of ether oxygens (including phenoxy) is 1. The van der Waals surface area contributed by atoms with Crippen molar-refractivity contribution in [2.75, 3.05) is 0 Å². The van der Waals surface area contributed by atoms with Gasteiger partial charge in [-0.25, -0.2) is 9.18 Å². The molecule has 0 radical (unpaired) electrons. The normalized spacial score (nSPS) is 13.0.